The van der Waals surface area contributed by atoms with Gasteiger partial charge in [0.25, 0.3) is 5.56 Å². The topological polar surface area (TPSA) is 65.1 Å². The summed E-state index contributed by atoms with van der Waals surface area (Å²) >= 11 is 0. The summed E-state index contributed by atoms with van der Waals surface area (Å²) in [5.41, 5.74) is 0.487. The van der Waals surface area contributed by atoms with E-state index in [2.05, 4.69) is 30.7 Å². The van der Waals surface area contributed by atoms with Crippen molar-refractivity contribution in [3.8, 4) is 0 Å². The van der Waals surface area contributed by atoms with Crippen LogP contribution >= 0.6 is 0 Å². The second-order valence-electron chi connectivity index (χ2n) is 6.58. The van der Waals surface area contributed by atoms with Crippen molar-refractivity contribution in [2.24, 2.45) is 14.1 Å². The maximum absolute atomic E-state index is 12.9. The zero-order chi connectivity index (χ0) is 18.6. The second kappa shape index (κ2) is 8.47. The molecule has 2 aromatic heterocycles. The minimum atomic E-state index is -0.276. The van der Waals surface area contributed by atoms with Crippen molar-refractivity contribution in [2.45, 2.75) is 59.5 Å². The molecule has 2 heterocycles. The van der Waals surface area contributed by atoms with E-state index >= 15 is 0 Å². The first-order chi connectivity index (χ1) is 12.0. The molecule has 0 bridgehead atoms. The van der Waals surface area contributed by atoms with Crippen molar-refractivity contribution in [1.29, 1.82) is 0 Å². The zero-order valence-corrected chi connectivity index (χ0v) is 16.2. The minimum absolute atomic E-state index is 0.226. The Balaban J connectivity index is 2.48. The Kier molecular flexibility index (Phi) is 6.58. The number of aryl methyl sites for hydroxylation is 2. The molecule has 0 unspecified atom stereocenters. The van der Waals surface area contributed by atoms with Crippen LogP contribution in [0.3, 0.4) is 0 Å². The van der Waals surface area contributed by atoms with E-state index in [1.54, 1.807) is 7.05 Å². The van der Waals surface area contributed by atoms with Gasteiger partial charge in [0, 0.05) is 20.6 Å². The van der Waals surface area contributed by atoms with Crippen molar-refractivity contribution in [2.75, 3.05) is 13.1 Å². The van der Waals surface area contributed by atoms with Crippen molar-refractivity contribution < 1.29 is 0 Å². The fourth-order valence-electron chi connectivity index (χ4n) is 3.17. The normalized spacial score (nSPS) is 11.8. The predicted octanol–water partition coefficient (Wildman–Crippen LogP) is 1.86. The lowest BCUT2D eigenvalue weighted by molar-refractivity contribution is 0.285. The van der Waals surface area contributed by atoms with Crippen LogP contribution in [0.15, 0.2) is 9.59 Å². The number of aromatic nitrogens is 4. The number of imidazole rings is 1. The van der Waals surface area contributed by atoms with Crippen molar-refractivity contribution in [3.05, 3.63) is 26.7 Å². The van der Waals surface area contributed by atoms with E-state index < -0.39 is 0 Å². The number of unbranched alkanes of at least 4 members (excludes halogenated alkanes) is 3. The maximum atomic E-state index is 12.9. The molecular weight excluding hydrogens is 318 g/mol. The molecule has 7 nitrogen and oxygen atoms in total. The van der Waals surface area contributed by atoms with Crippen molar-refractivity contribution in [1.82, 2.24) is 23.6 Å². The molecule has 0 radical (unpaired) electrons. The molecule has 0 atom stereocenters. The Morgan fingerprint density at radius 1 is 0.960 bits per heavy atom. The van der Waals surface area contributed by atoms with E-state index in [0.717, 1.165) is 44.6 Å². The van der Waals surface area contributed by atoms with Crippen LogP contribution in [0.1, 0.15) is 52.3 Å². The van der Waals surface area contributed by atoms with E-state index in [4.69, 9.17) is 0 Å². The Labute approximate surface area is 148 Å². The predicted molar refractivity (Wildman–Crippen MR) is 101 cm³/mol. The highest BCUT2D eigenvalue weighted by Crippen LogP contribution is 2.11. The Bertz CT molecular complexity index is 827. The molecule has 7 heteroatoms. The molecule has 0 amide bonds. The van der Waals surface area contributed by atoms with Crippen LogP contribution in [0, 0.1) is 0 Å². The smallest absolute Gasteiger partial charge is 0.324 e. The minimum Gasteiger partial charge on any atom is -0.324 e. The molecule has 0 saturated carbocycles. The zero-order valence-electron chi connectivity index (χ0n) is 16.2. The molecule has 0 saturated heterocycles. The molecule has 0 spiro atoms. The lowest BCUT2D eigenvalue weighted by Crippen LogP contribution is -2.39. The Morgan fingerprint density at radius 2 is 1.64 bits per heavy atom. The average molecular weight is 349 g/mol. The van der Waals surface area contributed by atoms with Gasteiger partial charge in [-0.3, -0.25) is 18.8 Å². The van der Waals surface area contributed by atoms with Crippen LogP contribution in [0.5, 0.6) is 0 Å². The van der Waals surface area contributed by atoms with Crippen molar-refractivity contribution >= 4 is 11.2 Å². The van der Waals surface area contributed by atoms with Crippen LogP contribution in [0.2, 0.25) is 0 Å². The lowest BCUT2D eigenvalue weighted by atomic mass is 10.2. The number of hydrogen-bond donors (Lipinski definition) is 0. The number of rotatable bonds is 9. The molecular formula is C18H31N5O2. The molecule has 0 aromatic carbocycles. The van der Waals surface area contributed by atoms with Crippen LogP contribution in [-0.4, -0.2) is 36.7 Å². The average Bonchev–Trinajstić information content (AvgIpc) is 2.93. The van der Waals surface area contributed by atoms with E-state index in [1.807, 2.05) is 11.6 Å². The summed E-state index contributed by atoms with van der Waals surface area (Å²) in [5.74, 6) is 0.814. The highest BCUT2D eigenvalue weighted by Gasteiger charge is 2.19. The summed E-state index contributed by atoms with van der Waals surface area (Å²) < 4.78 is 4.71. The standard InChI is InChI=1S/C18H31N5O2/c1-6-9-10-11-12-23-17(24)15-16(21(5)18(23)25)19-14(20(15)4)13-22(7-2)8-3/h6-13H2,1-5H3. The summed E-state index contributed by atoms with van der Waals surface area (Å²) in [4.78, 5) is 32.3. The van der Waals surface area contributed by atoms with Gasteiger partial charge in [-0.05, 0) is 19.5 Å². The maximum Gasteiger partial charge on any atom is 0.332 e. The van der Waals surface area contributed by atoms with Gasteiger partial charge in [0.1, 0.15) is 5.82 Å². The van der Waals surface area contributed by atoms with Crippen LogP contribution in [-0.2, 0) is 27.2 Å². The van der Waals surface area contributed by atoms with Gasteiger partial charge in [-0.2, -0.15) is 0 Å². The quantitative estimate of drug-likeness (QED) is 0.648. The fraction of sp³-hybridized carbons (Fsp3) is 0.722. The first-order valence-electron chi connectivity index (χ1n) is 9.33. The van der Waals surface area contributed by atoms with Gasteiger partial charge >= 0.3 is 5.69 Å². The highest BCUT2D eigenvalue weighted by atomic mass is 16.2. The summed E-state index contributed by atoms with van der Waals surface area (Å²) in [7, 11) is 3.56. The number of hydrogen-bond acceptors (Lipinski definition) is 4. The monoisotopic (exact) mass is 349 g/mol. The van der Waals surface area contributed by atoms with Gasteiger partial charge in [-0.15, -0.1) is 0 Å². The number of nitrogens with zero attached hydrogens (tertiary/aromatic N) is 5. The molecule has 140 valence electrons. The number of fused-ring (bicyclic) bond motifs is 1. The van der Waals surface area contributed by atoms with Crippen LogP contribution in [0.4, 0.5) is 0 Å². The van der Waals surface area contributed by atoms with Gasteiger partial charge in [0.2, 0.25) is 0 Å². The second-order valence-corrected chi connectivity index (χ2v) is 6.58. The Hall–Kier alpha value is -1.89. The van der Waals surface area contributed by atoms with E-state index in [1.165, 1.54) is 9.13 Å². The molecule has 2 aromatic rings. The third-order valence-electron chi connectivity index (χ3n) is 4.95. The van der Waals surface area contributed by atoms with Gasteiger partial charge in [0.15, 0.2) is 11.2 Å². The third-order valence-corrected chi connectivity index (χ3v) is 4.95. The van der Waals surface area contributed by atoms with Gasteiger partial charge in [0.05, 0.1) is 6.54 Å². The van der Waals surface area contributed by atoms with E-state index in [0.29, 0.717) is 24.3 Å². The van der Waals surface area contributed by atoms with E-state index in [-0.39, 0.29) is 11.2 Å². The third kappa shape index (κ3) is 3.86. The fourth-order valence-corrected chi connectivity index (χ4v) is 3.17. The molecule has 0 fully saturated rings. The first kappa shape index (κ1) is 19.4. The SMILES string of the molecule is CCCCCCn1c(=O)c2c(nc(CN(CC)CC)n2C)n(C)c1=O. The molecule has 0 aliphatic rings. The van der Waals surface area contributed by atoms with E-state index in [9.17, 15) is 9.59 Å². The van der Waals surface area contributed by atoms with Gasteiger partial charge in [-0.1, -0.05) is 40.0 Å². The Morgan fingerprint density at radius 3 is 2.24 bits per heavy atom. The molecule has 2 rings (SSSR count). The van der Waals surface area contributed by atoms with Crippen molar-refractivity contribution in [3.63, 3.8) is 0 Å². The highest BCUT2D eigenvalue weighted by molar-refractivity contribution is 5.70. The summed E-state index contributed by atoms with van der Waals surface area (Å²) in [6, 6.07) is 0. The van der Waals surface area contributed by atoms with Crippen LogP contribution in [0.25, 0.3) is 11.2 Å². The van der Waals surface area contributed by atoms with Gasteiger partial charge < -0.3 is 4.57 Å². The summed E-state index contributed by atoms with van der Waals surface area (Å²) in [6.07, 6.45) is 4.13. The molecule has 0 N–H and O–H groups in total. The summed E-state index contributed by atoms with van der Waals surface area (Å²) in [5, 5.41) is 0. The van der Waals surface area contributed by atoms with Gasteiger partial charge in [-0.25, -0.2) is 9.78 Å². The lowest BCUT2D eigenvalue weighted by Gasteiger charge is -2.17. The molecule has 0 aliphatic carbocycles. The summed E-state index contributed by atoms with van der Waals surface area (Å²) in [6.45, 7) is 9.32. The first-order valence-corrected chi connectivity index (χ1v) is 9.33. The largest absolute Gasteiger partial charge is 0.332 e. The molecule has 25 heavy (non-hydrogen) atoms. The van der Waals surface area contributed by atoms with Crippen LogP contribution < -0.4 is 11.2 Å². The molecule has 0 aliphatic heterocycles.